The number of hydrogen-bond acceptors (Lipinski definition) is 2. The van der Waals surface area contributed by atoms with Crippen molar-refractivity contribution in [3.8, 4) is 0 Å². The van der Waals surface area contributed by atoms with Gasteiger partial charge in [-0.3, -0.25) is 0 Å². The van der Waals surface area contributed by atoms with Gasteiger partial charge in [0.2, 0.25) is 0 Å². The van der Waals surface area contributed by atoms with Crippen LogP contribution in [0, 0.1) is 6.92 Å². The summed E-state index contributed by atoms with van der Waals surface area (Å²) < 4.78 is 5.34. The van der Waals surface area contributed by atoms with Crippen LogP contribution in [0.2, 0.25) is 0 Å². The van der Waals surface area contributed by atoms with Gasteiger partial charge in [0.25, 0.3) is 0 Å². The van der Waals surface area contributed by atoms with Crippen LogP contribution in [0.4, 0.5) is 0 Å². The third-order valence-electron chi connectivity index (χ3n) is 1.65. The molecule has 1 aromatic heterocycles. The minimum absolute atomic E-state index is 0.775. The van der Waals surface area contributed by atoms with Crippen LogP contribution in [-0.4, -0.2) is 4.98 Å². The van der Waals surface area contributed by atoms with E-state index in [4.69, 9.17) is 4.42 Å². The maximum atomic E-state index is 5.34. The van der Waals surface area contributed by atoms with Gasteiger partial charge in [-0.2, -0.15) is 0 Å². The van der Waals surface area contributed by atoms with Gasteiger partial charge < -0.3 is 4.42 Å². The molecule has 0 amide bonds. The largest absolute Gasteiger partial charge is 0.445 e. The molecule has 0 spiro atoms. The molecule has 0 fully saturated rings. The highest BCUT2D eigenvalue weighted by Gasteiger charge is 2.09. The standard InChI is InChI=1S/C8H9NO.C2H6/c1-6-9-7-4-2-3-5-8(7)10-6;1-2/h2,4H,3,5H2,1H3;1-2H3. The van der Waals surface area contributed by atoms with Crippen molar-refractivity contribution < 1.29 is 4.42 Å². The molecule has 0 saturated carbocycles. The van der Waals surface area contributed by atoms with Gasteiger partial charge in [0.05, 0.1) is 0 Å². The fourth-order valence-corrected chi connectivity index (χ4v) is 1.20. The van der Waals surface area contributed by atoms with Crippen molar-refractivity contribution in [3.63, 3.8) is 0 Å². The Hall–Kier alpha value is -1.05. The normalized spacial score (nSPS) is 13.2. The zero-order valence-electron chi connectivity index (χ0n) is 7.92. The number of aryl methyl sites for hydroxylation is 2. The lowest BCUT2D eigenvalue weighted by molar-refractivity contribution is 0.474. The fraction of sp³-hybridized carbons (Fsp3) is 0.500. The summed E-state index contributed by atoms with van der Waals surface area (Å²) in [5, 5.41) is 0. The average Bonchev–Trinajstić information content (AvgIpc) is 2.48. The Kier molecular flexibility index (Phi) is 3.09. The molecule has 0 aromatic carbocycles. The van der Waals surface area contributed by atoms with Gasteiger partial charge in [-0.05, 0) is 12.5 Å². The Balaban J connectivity index is 0.000000336. The first kappa shape index (κ1) is 9.04. The molecule has 12 heavy (non-hydrogen) atoms. The van der Waals surface area contributed by atoms with E-state index in [1.807, 2.05) is 26.8 Å². The molecule has 1 aliphatic rings. The van der Waals surface area contributed by atoms with E-state index < -0.39 is 0 Å². The molecule has 0 aliphatic heterocycles. The molecule has 0 bridgehead atoms. The topological polar surface area (TPSA) is 26.0 Å². The minimum atomic E-state index is 0.775. The van der Waals surface area contributed by atoms with E-state index in [2.05, 4.69) is 11.1 Å². The number of hydrogen-bond donors (Lipinski definition) is 0. The Morgan fingerprint density at radius 3 is 2.83 bits per heavy atom. The molecule has 1 aliphatic carbocycles. The number of allylic oxidation sites excluding steroid dienone is 1. The summed E-state index contributed by atoms with van der Waals surface area (Å²) in [5.74, 6) is 1.82. The summed E-state index contributed by atoms with van der Waals surface area (Å²) in [7, 11) is 0. The van der Waals surface area contributed by atoms with E-state index in [0.29, 0.717) is 0 Å². The monoisotopic (exact) mass is 165 g/mol. The molecular weight excluding hydrogens is 150 g/mol. The number of fused-ring (bicyclic) bond motifs is 1. The lowest BCUT2D eigenvalue weighted by Crippen LogP contribution is -1.88. The Bertz CT molecular complexity index is 273. The Morgan fingerprint density at radius 1 is 1.42 bits per heavy atom. The highest BCUT2D eigenvalue weighted by Crippen LogP contribution is 2.18. The van der Waals surface area contributed by atoms with Crippen molar-refractivity contribution in [2.45, 2.75) is 33.6 Å². The zero-order valence-corrected chi connectivity index (χ0v) is 7.92. The third-order valence-corrected chi connectivity index (χ3v) is 1.65. The molecule has 0 atom stereocenters. The fourth-order valence-electron chi connectivity index (χ4n) is 1.20. The van der Waals surface area contributed by atoms with Crippen molar-refractivity contribution in [1.29, 1.82) is 0 Å². The van der Waals surface area contributed by atoms with Crippen LogP contribution in [0.1, 0.15) is 37.6 Å². The van der Waals surface area contributed by atoms with E-state index in [1.54, 1.807) is 0 Å². The predicted octanol–water partition coefficient (Wildman–Crippen LogP) is 2.97. The molecule has 2 nitrogen and oxygen atoms in total. The van der Waals surface area contributed by atoms with Crippen LogP contribution in [0.3, 0.4) is 0 Å². The Labute approximate surface area is 73.3 Å². The molecular formula is C10H15NO. The van der Waals surface area contributed by atoms with E-state index in [1.165, 1.54) is 0 Å². The Morgan fingerprint density at radius 2 is 2.17 bits per heavy atom. The van der Waals surface area contributed by atoms with Crippen LogP contribution in [-0.2, 0) is 6.42 Å². The second-order valence-electron chi connectivity index (χ2n) is 2.48. The first-order valence-electron chi connectivity index (χ1n) is 4.49. The van der Waals surface area contributed by atoms with Crippen molar-refractivity contribution in [1.82, 2.24) is 4.98 Å². The van der Waals surface area contributed by atoms with Gasteiger partial charge in [0, 0.05) is 13.3 Å². The van der Waals surface area contributed by atoms with Gasteiger partial charge in [0.15, 0.2) is 5.89 Å². The first-order valence-corrected chi connectivity index (χ1v) is 4.49. The van der Waals surface area contributed by atoms with E-state index in [0.717, 1.165) is 30.2 Å². The van der Waals surface area contributed by atoms with Gasteiger partial charge >= 0.3 is 0 Å². The number of aromatic nitrogens is 1. The van der Waals surface area contributed by atoms with Crippen molar-refractivity contribution in [2.24, 2.45) is 0 Å². The van der Waals surface area contributed by atoms with E-state index >= 15 is 0 Å². The van der Waals surface area contributed by atoms with Crippen molar-refractivity contribution in [3.05, 3.63) is 23.4 Å². The van der Waals surface area contributed by atoms with Crippen LogP contribution in [0.5, 0.6) is 0 Å². The summed E-state index contributed by atoms with van der Waals surface area (Å²) >= 11 is 0. The van der Waals surface area contributed by atoms with Gasteiger partial charge in [-0.25, -0.2) is 4.98 Å². The van der Waals surface area contributed by atoms with E-state index in [9.17, 15) is 0 Å². The van der Waals surface area contributed by atoms with Crippen LogP contribution < -0.4 is 0 Å². The molecule has 1 heterocycles. The lowest BCUT2D eigenvalue weighted by Gasteiger charge is -1.98. The second kappa shape index (κ2) is 4.10. The van der Waals surface area contributed by atoms with Gasteiger partial charge in [-0.15, -0.1) is 0 Å². The van der Waals surface area contributed by atoms with Crippen LogP contribution in [0.25, 0.3) is 6.08 Å². The van der Waals surface area contributed by atoms with Crippen molar-refractivity contribution >= 4 is 6.08 Å². The molecule has 2 heteroatoms. The maximum Gasteiger partial charge on any atom is 0.191 e. The summed E-state index contributed by atoms with van der Waals surface area (Å²) in [6.45, 7) is 5.88. The third kappa shape index (κ3) is 1.76. The summed E-state index contributed by atoms with van der Waals surface area (Å²) in [4.78, 5) is 4.20. The molecule has 0 saturated heterocycles. The summed E-state index contributed by atoms with van der Waals surface area (Å²) in [6.07, 6.45) is 6.24. The number of rotatable bonds is 0. The van der Waals surface area contributed by atoms with Gasteiger partial charge in [-0.1, -0.05) is 19.9 Å². The zero-order chi connectivity index (χ0) is 8.97. The summed E-state index contributed by atoms with van der Waals surface area (Å²) in [6, 6.07) is 0. The SMILES string of the molecule is CC.Cc1nc2c(o1)CCC=C2. The smallest absolute Gasteiger partial charge is 0.191 e. The van der Waals surface area contributed by atoms with Crippen LogP contribution >= 0.6 is 0 Å². The first-order chi connectivity index (χ1) is 5.86. The molecule has 1 aromatic rings. The number of oxazole rings is 1. The van der Waals surface area contributed by atoms with Gasteiger partial charge in [0.1, 0.15) is 11.5 Å². The molecule has 2 rings (SSSR count). The molecule has 66 valence electrons. The highest BCUT2D eigenvalue weighted by atomic mass is 16.4. The summed E-state index contributed by atoms with van der Waals surface area (Å²) in [5.41, 5.74) is 1.02. The van der Waals surface area contributed by atoms with E-state index in [-0.39, 0.29) is 0 Å². The molecule has 0 N–H and O–H groups in total. The van der Waals surface area contributed by atoms with Crippen LogP contribution in [0.15, 0.2) is 10.5 Å². The lowest BCUT2D eigenvalue weighted by atomic mass is 10.1. The second-order valence-corrected chi connectivity index (χ2v) is 2.48. The number of nitrogens with zero attached hydrogens (tertiary/aromatic N) is 1. The highest BCUT2D eigenvalue weighted by molar-refractivity contribution is 5.49. The quantitative estimate of drug-likeness (QED) is 0.590. The predicted molar refractivity (Wildman–Crippen MR) is 49.9 cm³/mol. The minimum Gasteiger partial charge on any atom is -0.445 e. The molecule has 0 radical (unpaired) electrons. The molecule has 0 unspecified atom stereocenters. The maximum absolute atomic E-state index is 5.34. The average molecular weight is 165 g/mol. The van der Waals surface area contributed by atoms with Crippen molar-refractivity contribution in [2.75, 3.05) is 0 Å².